The van der Waals surface area contributed by atoms with Gasteiger partial charge < -0.3 is 14.8 Å². The molecule has 2 aromatic rings. The van der Waals surface area contributed by atoms with E-state index in [1.807, 2.05) is 18.2 Å². The molecule has 2 aliphatic rings. The summed E-state index contributed by atoms with van der Waals surface area (Å²) in [6.45, 7) is 1.08. The number of benzene rings is 2. The molecule has 0 unspecified atom stereocenters. The van der Waals surface area contributed by atoms with Crippen LogP contribution >= 0.6 is 0 Å². The van der Waals surface area contributed by atoms with Crippen molar-refractivity contribution in [2.45, 2.75) is 18.4 Å². The molecule has 2 aromatic carbocycles. The molecule has 1 aliphatic heterocycles. The molecule has 1 N–H and O–H groups in total. The highest BCUT2D eigenvalue weighted by Gasteiger charge is 2.46. The molecule has 0 saturated heterocycles. The Kier molecular flexibility index (Phi) is 3.22. The average Bonchev–Trinajstić information content (AvgIpc) is 3.35. The van der Waals surface area contributed by atoms with Crippen LogP contribution < -0.4 is 14.8 Å². The lowest BCUT2D eigenvalue weighted by atomic mass is 10.0. The first-order valence-corrected chi connectivity index (χ1v) is 7.65. The molecule has 1 heterocycles. The van der Waals surface area contributed by atoms with E-state index in [0.29, 0.717) is 24.5 Å². The number of fused-ring (bicyclic) bond motifs is 1. The predicted octanol–water partition coefficient (Wildman–Crippen LogP) is 3.02. The molecule has 4 nitrogen and oxygen atoms in total. The van der Waals surface area contributed by atoms with E-state index in [2.05, 4.69) is 5.32 Å². The van der Waals surface area contributed by atoms with E-state index in [1.165, 1.54) is 18.2 Å². The van der Waals surface area contributed by atoms with Gasteiger partial charge in [-0.2, -0.15) is 0 Å². The SMILES string of the molecule is O=C(NC1(c2ccc3c(c2)OCCO3)CC1)c1cccc(F)c1. The summed E-state index contributed by atoms with van der Waals surface area (Å²) in [6, 6.07) is 11.5. The van der Waals surface area contributed by atoms with Crippen molar-refractivity contribution in [2.24, 2.45) is 0 Å². The molecule has 0 spiro atoms. The first kappa shape index (κ1) is 14.1. The first-order valence-electron chi connectivity index (χ1n) is 7.65. The molecule has 5 heteroatoms. The third kappa shape index (κ3) is 2.63. The van der Waals surface area contributed by atoms with Crippen molar-refractivity contribution in [2.75, 3.05) is 13.2 Å². The van der Waals surface area contributed by atoms with Gasteiger partial charge in [0.25, 0.3) is 5.91 Å². The lowest BCUT2D eigenvalue weighted by Crippen LogP contribution is -2.35. The van der Waals surface area contributed by atoms with Crippen LogP contribution in [0.2, 0.25) is 0 Å². The zero-order valence-corrected chi connectivity index (χ0v) is 12.5. The predicted molar refractivity (Wildman–Crippen MR) is 82.2 cm³/mol. The second-order valence-electron chi connectivity index (χ2n) is 5.91. The van der Waals surface area contributed by atoms with Crippen molar-refractivity contribution >= 4 is 5.91 Å². The van der Waals surface area contributed by atoms with Gasteiger partial charge in [-0.05, 0) is 48.7 Å². The maximum Gasteiger partial charge on any atom is 0.252 e. The largest absolute Gasteiger partial charge is 0.486 e. The number of hydrogen-bond donors (Lipinski definition) is 1. The molecule has 1 fully saturated rings. The fourth-order valence-corrected chi connectivity index (χ4v) is 2.87. The first-order chi connectivity index (χ1) is 11.2. The third-order valence-corrected chi connectivity index (χ3v) is 4.28. The Bertz CT molecular complexity index is 771. The van der Waals surface area contributed by atoms with Crippen LogP contribution in [0, 0.1) is 5.82 Å². The minimum Gasteiger partial charge on any atom is -0.486 e. The molecule has 0 atom stereocenters. The molecule has 4 rings (SSSR count). The second-order valence-corrected chi connectivity index (χ2v) is 5.91. The smallest absolute Gasteiger partial charge is 0.252 e. The summed E-state index contributed by atoms with van der Waals surface area (Å²) in [6.07, 6.45) is 1.71. The number of rotatable bonds is 3. The Morgan fingerprint density at radius 2 is 1.83 bits per heavy atom. The highest BCUT2D eigenvalue weighted by molar-refractivity contribution is 5.95. The highest BCUT2D eigenvalue weighted by Crippen LogP contribution is 2.48. The van der Waals surface area contributed by atoms with Crippen LogP contribution in [0.1, 0.15) is 28.8 Å². The quantitative estimate of drug-likeness (QED) is 0.947. The van der Waals surface area contributed by atoms with Crippen LogP contribution in [0.5, 0.6) is 11.5 Å². The summed E-state index contributed by atoms with van der Waals surface area (Å²) in [5, 5.41) is 3.03. The maximum absolute atomic E-state index is 13.3. The van der Waals surface area contributed by atoms with Crippen molar-refractivity contribution in [3.8, 4) is 11.5 Å². The van der Waals surface area contributed by atoms with Crippen molar-refractivity contribution in [1.29, 1.82) is 0 Å². The van der Waals surface area contributed by atoms with Gasteiger partial charge in [-0.3, -0.25) is 4.79 Å². The topological polar surface area (TPSA) is 47.6 Å². The monoisotopic (exact) mass is 313 g/mol. The zero-order chi connectivity index (χ0) is 15.9. The van der Waals surface area contributed by atoms with Crippen molar-refractivity contribution in [3.05, 3.63) is 59.4 Å². The molecule has 0 bridgehead atoms. The molecule has 118 valence electrons. The van der Waals surface area contributed by atoms with Crippen LogP contribution in [-0.4, -0.2) is 19.1 Å². The molecule has 23 heavy (non-hydrogen) atoms. The summed E-state index contributed by atoms with van der Waals surface area (Å²) >= 11 is 0. The normalized spacial score (nSPS) is 17.4. The van der Waals surface area contributed by atoms with Gasteiger partial charge in [0.2, 0.25) is 0 Å². The van der Waals surface area contributed by atoms with Crippen molar-refractivity contribution in [1.82, 2.24) is 5.32 Å². The Morgan fingerprint density at radius 1 is 1.04 bits per heavy atom. The summed E-state index contributed by atoms with van der Waals surface area (Å²) in [7, 11) is 0. The maximum atomic E-state index is 13.3. The van der Waals surface area contributed by atoms with Gasteiger partial charge in [-0.1, -0.05) is 12.1 Å². The summed E-state index contributed by atoms with van der Waals surface area (Å²) < 4.78 is 24.4. The van der Waals surface area contributed by atoms with Gasteiger partial charge in [0.15, 0.2) is 11.5 Å². The van der Waals surface area contributed by atoms with Gasteiger partial charge in [-0.15, -0.1) is 0 Å². The number of amides is 1. The average molecular weight is 313 g/mol. The lowest BCUT2D eigenvalue weighted by molar-refractivity contribution is 0.0930. The van der Waals surface area contributed by atoms with Gasteiger partial charge in [0.1, 0.15) is 19.0 Å². The van der Waals surface area contributed by atoms with E-state index in [4.69, 9.17) is 9.47 Å². The zero-order valence-electron chi connectivity index (χ0n) is 12.5. The van der Waals surface area contributed by atoms with Crippen LogP contribution in [0.4, 0.5) is 4.39 Å². The van der Waals surface area contributed by atoms with E-state index >= 15 is 0 Å². The Balaban J connectivity index is 1.58. The summed E-state index contributed by atoms with van der Waals surface area (Å²) in [5.41, 5.74) is 0.930. The second kappa shape index (κ2) is 5.26. The van der Waals surface area contributed by atoms with Gasteiger partial charge in [-0.25, -0.2) is 4.39 Å². The van der Waals surface area contributed by atoms with Crippen LogP contribution in [-0.2, 0) is 5.54 Å². The fourth-order valence-electron chi connectivity index (χ4n) is 2.87. The minimum absolute atomic E-state index is 0.267. The van der Waals surface area contributed by atoms with Crippen LogP contribution in [0.25, 0.3) is 0 Å². The Morgan fingerprint density at radius 3 is 2.57 bits per heavy atom. The lowest BCUT2D eigenvalue weighted by Gasteiger charge is -2.22. The molecular weight excluding hydrogens is 297 g/mol. The summed E-state index contributed by atoms with van der Waals surface area (Å²) in [4.78, 5) is 12.4. The molecule has 1 saturated carbocycles. The number of ether oxygens (including phenoxy) is 2. The Hall–Kier alpha value is -2.56. The van der Waals surface area contributed by atoms with E-state index < -0.39 is 5.82 Å². The summed E-state index contributed by atoms with van der Waals surface area (Å²) in [5.74, 6) is 0.756. The molecule has 0 radical (unpaired) electrons. The molecule has 0 aromatic heterocycles. The van der Waals surface area contributed by atoms with E-state index in [1.54, 1.807) is 6.07 Å². The van der Waals surface area contributed by atoms with Gasteiger partial charge >= 0.3 is 0 Å². The standard InChI is InChI=1S/C18H16FNO3/c19-14-3-1-2-12(10-14)17(21)20-18(6-7-18)13-4-5-15-16(11-13)23-9-8-22-15/h1-5,10-11H,6-9H2,(H,20,21). The van der Waals surface area contributed by atoms with Gasteiger partial charge in [0.05, 0.1) is 5.54 Å². The van der Waals surface area contributed by atoms with Crippen molar-refractivity contribution in [3.63, 3.8) is 0 Å². The Labute approximate surface area is 133 Å². The van der Waals surface area contributed by atoms with Crippen molar-refractivity contribution < 1.29 is 18.7 Å². The van der Waals surface area contributed by atoms with Crippen LogP contribution in [0.3, 0.4) is 0 Å². The fraction of sp³-hybridized carbons (Fsp3) is 0.278. The van der Waals surface area contributed by atoms with E-state index in [-0.39, 0.29) is 11.4 Å². The molecular formula is C18H16FNO3. The minimum atomic E-state index is -0.415. The number of hydrogen-bond acceptors (Lipinski definition) is 3. The van der Waals surface area contributed by atoms with Gasteiger partial charge in [0, 0.05) is 5.56 Å². The number of nitrogens with one attached hydrogen (secondary N) is 1. The number of halogens is 1. The van der Waals surface area contributed by atoms with E-state index in [9.17, 15) is 9.18 Å². The highest BCUT2D eigenvalue weighted by atomic mass is 19.1. The van der Waals surface area contributed by atoms with Crippen LogP contribution in [0.15, 0.2) is 42.5 Å². The van der Waals surface area contributed by atoms with E-state index in [0.717, 1.165) is 24.2 Å². The number of carbonyl (C=O) groups excluding carboxylic acids is 1. The molecule has 1 aliphatic carbocycles. The molecule has 1 amide bonds. The number of carbonyl (C=O) groups is 1. The third-order valence-electron chi connectivity index (χ3n) is 4.28.